The van der Waals surface area contributed by atoms with Gasteiger partial charge in [-0.2, -0.15) is 0 Å². The smallest absolute Gasteiger partial charge is 0.337 e. The quantitative estimate of drug-likeness (QED) is 0.571. The third-order valence-corrected chi connectivity index (χ3v) is 3.18. The number of rotatable bonds is 4. The van der Waals surface area contributed by atoms with E-state index in [1.807, 2.05) is 0 Å². The Kier molecular flexibility index (Phi) is 4.46. The second-order valence-corrected chi connectivity index (χ2v) is 4.44. The minimum absolute atomic E-state index is 0.352. The van der Waals surface area contributed by atoms with Crippen molar-refractivity contribution in [2.75, 3.05) is 33.3 Å². The Morgan fingerprint density at radius 3 is 2.79 bits per heavy atom. The Morgan fingerprint density at radius 2 is 2.16 bits per heavy atom. The second kappa shape index (κ2) is 6.29. The molecular weight excluding hydrogens is 246 g/mol. The first kappa shape index (κ1) is 13.5. The van der Waals surface area contributed by atoms with E-state index >= 15 is 0 Å². The van der Waals surface area contributed by atoms with E-state index in [1.165, 1.54) is 7.11 Å². The third kappa shape index (κ3) is 3.51. The molecule has 0 radical (unpaired) electrons. The average Bonchev–Trinajstić information content (AvgIpc) is 2.47. The molecular formula is C13H17N3O3. The summed E-state index contributed by atoms with van der Waals surface area (Å²) >= 11 is 0. The maximum Gasteiger partial charge on any atom is 0.337 e. The van der Waals surface area contributed by atoms with Crippen LogP contribution in [0.4, 0.5) is 0 Å². The Bertz CT molecular complexity index is 456. The van der Waals surface area contributed by atoms with Gasteiger partial charge in [-0.3, -0.25) is 14.7 Å². The van der Waals surface area contributed by atoms with Crippen molar-refractivity contribution in [3.63, 3.8) is 0 Å². The van der Waals surface area contributed by atoms with Crippen LogP contribution in [0.15, 0.2) is 18.3 Å². The summed E-state index contributed by atoms with van der Waals surface area (Å²) in [6.07, 6.45) is 2.50. The maximum atomic E-state index is 11.4. The molecule has 102 valence electrons. The lowest BCUT2D eigenvalue weighted by molar-refractivity contribution is -0.119. The minimum Gasteiger partial charge on any atom is -0.465 e. The highest BCUT2D eigenvalue weighted by atomic mass is 16.5. The van der Waals surface area contributed by atoms with E-state index in [-0.39, 0.29) is 5.97 Å². The fourth-order valence-electron chi connectivity index (χ4n) is 2.07. The molecule has 0 atom stereocenters. The van der Waals surface area contributed by atoms with Crippen LogP contribution in [0.2, 0.25) is 0 Å². The molecule has 2 rings (SSSR count). The molecule has 0 saturated carbocycles. The summed E-state index contributed by atoms with van der Waals surface area (Å²) < 4.78 is 4.68. The average molecular weight is 263 g/mol. The molecule has 1 aliphatic rings. The molecule has 2 heterocycles. The number of hydrogen-bond acceptors (Lipinski definition) is 5. The van der Waals surface area contributed by atoms with Crippen molar-refractivity contribution in [2.24, 2.45) is 0 Å². The summed E-state index contributed by atoms with van der Waals surface area (Å²) in [5, 5.41) is 0. The van der Waals surface area contributed by atoms with E-state index in [0.29, 0.717) is 12.1 Å². The van der Waals surface area contributed by atoms with Crippen LogP contribution in [0.25, 0.3) is 0 Å². The summed E-state index contributed by atoms with van der Waals surface area (Å²) in [7, 11) is 1.36. The number of carbonyl (C=O) groups excluding carboxylic acids is 2. The number of carbonyl (C=O) groups is 2. The van der Waals surface area contributed by atoms with Gasteiger partial charge in [-0.05, 0) is 12.1 Å². The van der Waals surface area contributed by atoms with Crippen molar-refractivity contribution in [3.05, 3.63) is 29.6 Å². The summed E-state index contributed by atoms with van der Waals surface area (Å²) in [4.78, 5) is 30.3. The number of amides is 1. The van der Waals surface area contributed by atoms with Gasteiger partial charge in [-0.25, -0.2) is 4.79 Å². The van der Waals surface area contributed by atoms with Crippen LogP contribution in [-0.2, 0) is 16.1 Å². The molecule has 0 bridgehead atoms. The van der Waals surface area contributed by atoms with Crippen molar-refractivity contribution in [1.82, 2.24) is 14.8 Å². The zero-order valence-corrected chi connectivity index (χ0v) is 10.9. The minimum atomic E-state index is -0.352. The first-order chi connectivity index (χ1) is 9.22. The largest absolute Gasteiger partial charge is 0.465 e. The zero-order chi connectivity index (χ0) is 13.7. The molecule has 1 aromatic rings. The zero-order valence-electron chi connectivity index (χ0n) is 10.9. The highest BCUT2D eigenvalue weighted by Gasteiger charge is 2.16. The van der Waals surface area contributed by atoms with Crippen LogP contribution < -0.4 is 0 Å². The van der Waals surface area contributed by atoms with Gasteiger partial charge in [0, 0.05) is 38.9 Å². The Labute approximate surface area is 112 Å². The molecule has 1 fully saturated rings. The first-order valence-electron chi connectivity index (χ1n) is 6.18. The number of piperazine rings is 1. The maximum absolute atomic E-state index is 11.4. The predicted octanol–water partition coefficient (Wildman–Crippen LogP) is 0.142. The van der Waals surface area contributed by atoms with Crippen molar-refractivity contribution >= 4 is 12.4 Å². The standard InChI is InChI=1S/C13H17N3O3/c1-19-13(18)11-2-3-14-12(8-11)9-15-4-6-16(10-17)7-5-15/h2-3,8,10H,4-7,9H2,1H3. The van der Waals surface area contributed by atoms with Crippen molar-refractivity contribution in [1.29, 1.82) is 0 Å². The van der Waals surface area contributed by atoms with Gasteiger partial charge in [0.25, 0.3) is 0 Å². The summed E-state index contributed by atoms with van der Waals surface area (Å²) in [6, 6.07) is 3.39. The van der Waals surface area contributed by atoms with Gasteiger partial charge in [0.2, 0.25) is 6.41 Å². The topological polar surface area (TPSA) is 62.7 Å². The Morgan fingerprint density at radius 1 is 1.42 bits per heavy atom. The molecule has 0 unspecified atom stereocenters. The number of ether oxygens (including phenoxy) is 1. The Hall–Kier alpha value is -1.95. The number of nitrogens with zero attached hydrogens (tertiary/aromatic N) is 3. The van der Waals surface area contributed by atoms with Crippen molar-refractivity contribution < 1.29 is 14.3 Å². The molecule has 1 amide bonds. The van der Waals surface area contributed by atoms with Gasteiger partial charge >= 0.3 is 5.97 Å². The second-order valence-electron chi connectivity index (χ2n) is 4.44. The van der Waals surface area contributed by atoms with E-state index in [4.69, 9.17) is 0 Å². The molecule has 0 aliphatic carbocycles. The fraction of sp³-hybridized carbons (Fsp3) is 0.462. The van der Waals surface area contributed by atoms with Gasteiger partial charge in [-0.15, -0.1) is 0 Å². The lowest BCUT2D eigenvalue weighted by Gasteiger charge is -2.32. The van der Waals surface area contributed by atoms with Crippen LogP contribution in [0, 0.1) is 0 Å². The van der Waals surface area contributed by atoms with Gasteiger partial charge in [0.15, 0.2) is 0 Å². The number of pyridine rings is 1. The first-order valence-corrected chi connectivity index (χ1v) is 6.18. The predicted molar refractivity (Wildman–Crippen MR) is 68.5 cm³/mol. The molecule has 6 nitrogen and oxygen atoms in total. The molecule has 0 spiro atoms. The monoisotopic (exact) mass is 263 g/mol. The fourth-order valence-corrected chi connectivity index (χ4v) is 2.07. The molecule has 1 aromatic heterocycles. The van der Waals surface area contributed by atoms with Crippen LogP contribution in [0.3, 0.4) is 0 Å². The van der Waals surface area contributed by atoms with E-state index in [2.05, 4.69) is 14.6 Å². The van der Waals surface area contributed by atoms with E-state index in [9.17, 15) is 9.59 Å². The van der Waals surface area contributed by atoms with E-state index in [1.54, 1.807) is 23.2 Å². The Balaban J connectivity index is 1.96. The molecule has 0 N–H and O–H groups in total. The van der Waals surface area contributed by atoms with Crippen LogP contribution in [-0.4, -0.2) is 60.5 Å². The lowest BCUT2D eigenvalue weighted by atomic mass is 10.2. The highest BCUT2D eigenvalue weighted by molar-refractivity contribution is 5.89. The van der Waals surface area contributed by atoms with Gasteiger partial charge in [-0.1, -0.05) is 0 Å². The van der Waals surface area contributed by atoms with Crippen LogP contribution in [0.5, 0.6) is 0 Å². The molecule has 1 aliphatic heterocycles. The van der Waals surface area contributed by atoms with Gasteiger partial charge < -0.3 is 9.64 Å². The molecule has 1 saturated heterocycles. The number of esters is 1. The van der Waals surface area contributed by atoms with Gasteiger partial charge in [0.05, 0.1) is 18.4 Å². The van der Waals surface area contributed by atoms with Crippen LogP contribution in [0.1, 0.15) is 16.1 Å². The van der Waals surface area contributed by atoms with E-state index in [0.717, 1.165) is 38.3 Å². The number of methoxy groups -OCH3 is 1. The normalized spacial score (nSPS) is 16.2. The van der Waals surface area contributed by atoms with Crippen molar-refractivity contribution in [3.8, 4) is 0 Å². The van der Waals surface area contributed by atoms with Gasteiger partial charge in [0.1, 0.15) is 0 Å². The van der Waals surface area contributed by atoms with Crippen LogP contribution >= 0.6 is 0 Å². The van der Waals surface area contributed by atoms with Crippen molar-refractivity contribution in [2.45, 2.75) is 6.54 Å². The summed E-state index contributed by atoms with van der Waals surface area (Å²) in [6.45, 7) is 3.80. The molecule has 0 aromatic carbocycles. The lowest BCUT2D eigenvalue weighted by Crippen LogP contribution is -2.45. The summed E-state index contributed by atoms with van der Waals surface area (Å²) in [5.74, 6) is -0.352. The number of aromatic nitrogens is 1. The van der Waals surface area contributed by atoms with E-state index < -0.39 is 0 Å². The summed E-state index contributed by atoms with van der Waals surface area (Å²) in [5.41, 5.74) is 1.35. The number of hydrogen-bond donors (Lipinski definition) is 0. The highest BCUT2D eigenvalue weighted by Crippen LogP contribution is 2.08. The molecule has 19 heavy (non-hydrogen) atoms. The SMILES string of the molecule is COC(=O)c1ccnc(CN2CCN(C=O)CC2)c1. The third-order valence-electron chi connectivity index (χ3n) is 3.18. The molecule has 6 heteroatoms.